The molecular formula is C40H30N4O2. The van der Waals surface area contributed by atoms with E-state index < -0.39 is 11.8 Å². The van der Waals surface area contributed by atoms with Crippen LogP contribution in [0.2, 0.25) is 0 Å². The summed E-state index contributed by atoms with van der Waals surface area (Å²) in [7, 11) is 0. The van der Waals surface area contributed by atoms with Gasteiger partial charge in [-0.2, -0.15) is 10.5 Å². The van der Waals surface area contributed by atoms with E-state index in [1.54, 1.807) is 0 Å². The highest BCUT2D eigenvalue weighted by atomic mass is 16.2. The van der Waals surface area contributed by atoms with Crippen molar-refractivity contribution in [1.29, 1.82) is 10.5 Å². The molecule has 0 saturated heterocycles. The lowest BCUT2D eigenvalue weighted by Crippen LogP contribution is -2.26. The molecule has 0 atom stereocenters. The molecule has 0 aromatic heterocycles. The lowest BCUT2D eigenvalue weighted by Gasteiger charge is -2.13. The summed E-state index contributed by atoms with van der Waals surface area (Å²) in [4.78, 5) is 26.7. The van der Waals surface area contributed by atoms with Crippen molar-refractivity contribution in [3.05, 3.63) is 190 Å². The van der Waals surface area contributed by atoms with Gasteiger partial charge in [0, 0.05) is 24.2 Å². The molecule has 5 aromatic rings. The van der Waals surface area contributed by atoms with Crippen molar-refractivity contribution in [2.75, 3.05) is 0 Å². The van der Waals surface area contributed by atoms with Crippen molar-refractivity contribution < 1.29 is 9.59 Å². The third kappa shape index (κ3) is 7.52. The highest BCUT2D eigenvalue weighted by Gasteiger charge is 2.20. The summed E-state index contributed by atoms with van der Waals surface area (Å²) in [5.74, 6) is -0.968. The maximum absolute atomic E-state index is 13.4. The van der Waals surface area contributed by atoms with E-state index in [1.165, 1.54) is 0 Å². The Kier molecular flexibility index (Phi) is 10.3. The van der Waals surface area contributed by atoms with Gasteiger partial charge in [-0.05, 0) is 33.4 Å². The van der Waals surface area contributed by atoms with Gasteiger partial charge in [0.2, 0.25) is 0 Å². The Morgan fingerprint density at radius 2 is 0.761 bits per heavy atom. The fourth-order valence-electron chi connectivity index (χ4n) is 5.16. The van der Waals surface area contributed by atoms with Crippen LogP contribution in [0.4, 0.5) is 0 Å². The molecular weight excluding hydrogens is 568 g/mol. The van der Waals surface area contributed by atoms with Crippen molar-refractivity contribution >= 4 is 23.0 Å². The third-order valence-electron chi connectivity index (χ3n) is 7.33. The zero-order valence-corrected chi connectivity index (χ0v) is 25.0. The quantitative estimate of drug-likeness (QED) is 0.134. The normalized spacial score (nSPS) is 10.0. The van der Waals surface area contributed by atoms with E-state index in [4.69, 9.17) is 0 Å². The molecule has 0 bridgehead atoms. The predicted octanol–water partition coefficient (Wildman–Crippen LogP) is 6.97. The maximum Gasteiger partial charge on any atom is 0.262 e. The second-order valence-corrected chi connectivity index (χ2v) is 10.4. The number of carbonyl (C=O) groups excluding carboxylic acids is 2. The van der Waals surface area contributed by atoms with Gasteiger partial charge in [-0.15, -0.1) is 0 Å². The molecule has 0 saturated carbocycles. The lowest BCUT2D eigenvalue weighted by atomic mass is 9.93. The number of benzene rings is 5. The maximum atomic E-state index is 13.4. The Bertz CT molecular complexity index is 1740. The average molecular weight is 599 g/mol. The number of hydrogen-bond donors (Lipinski definition) is 2. The molecule has 0 spiro atoms. The first-order chi connectivity index (χ1) is 22.6. The number of rotatable bonds is 10. The van der Waals surface area contributed by atoms with Gasteiger partial charge < -0.3 is 10.6 Å². The Morgan fingerprint density at radius 3 is 1.04 bits per heavy atom. The van der Waals surface area contributed by atoms with Crippen LogP contribution in [0.5, 0.6) is 0 Å². The van der Waals surface area contributed by atoms with Crippen LogP contribution >= 0.6 is 0 Å². The fraction of sp³-hybridized carbons (Fsp3) is 0.0500. The van der Waals surface area contributed by atoms with Crippen LogP contribution < -0.4 is 10.6 Å². The van der Waals surface area contributed by atoms with Crippen molar-refractivity contribution in [3.63, 3.8) is 0 Å². The summed E-state index contributed by atoms with van der Waals surface area (Å²) in [5, 5.41) is 25.9. The van der Waals surface area contributed by atoms with Gasteiger partial charge in [-0.1, -0.05) is 146 Å². The molecule has 2 N–H and O–H groups in total. The van der Waals surface area contributed by atoms with Crippen LogP contribution in [0.25, 0.3) is 11.1 Å². The van der Waals surface area contributed by atoms with Gasteiger partial charge in [0.05, 0.1) is 0 Å². The Balaban J connectivity index is 1.33. The second-order valence-electron chi connectivity index (χ2n) is 10.4. The van der Waals surface area contributed by atoms with E-state index in [0.29, 0.717) is 11.1 Å². The van der Waals surface area contributed by atoms with Crippen LogP contribution in [-0.2, 0) is 22.7 Å². The molecule has 6 nitrogen and oxygen atoms in total. The lowest BCUT2D eigenvalue weighted by molar-refractivity contribution is -0.118. The van der Waals surface area contributed by atoms with Gasteiger partial charge in [-0.25, -0.2) is 0 Å². The monoisotopic (exact) mass is 598 g/mol. The Morgan fingerprint density at radius 1 is 0.457 bits per heavy atom. The van der Waals surface area contributed by atoms with Gasteiger partial charge in [0.25, 0.3) is 11.8 Å². The number of hydrogen-bond acceptors (Lipinski definition) is 4. The molecule has 46 heavy (non-hydrogen) atoms. The SMILES string of the molecule is N#CC(C(=O)NCc1cccc(CNC(=O)C(C#N)=C(c2ccccc2)c2ccccc2)c1)=C(c1ccccc1)c1ccccc1. The number of amides is 2. The summed E-state index contributed by atoms with van der Waals surface area (Å²) in [6, 6.07) is 49.2. The topological polar surface area (TPSA) is 106 Å². The standard InChI is InChI=1S/C40H30N4O2/c41-25-35(37(31-16-5-1-6-17-31)32-18-7-2-8-19-32)39(45)43-27-29-14-13-15-30(24-29)28-44-40(46)36(26-42)38(33-20-9-3-10-21-33)34-22-11-4-12-23-34/h1-24H,27-28H2,(H,43,45)(H,44,46). The van der Waals surface area contributed by atoms with E-state index in [-0.39, 0.29) is 24.2 Å². The summed E-state index contributed by atoms with van der Waals surface area (Å²) >= 11 is 0. The van der Waals surface area contributed by atoms with Crippen molar-refractivity contribution in [1.82, 2.24) is 10.6 Å². The third-order valence-corrected chi connectivity index (χ3v) is 7.33. The summed E-state index contributed by atoms with van der Waals surface area (Å²) in [5.41, 5.74) is 5.83. The van der Waals surface area contributed by atoms with Gasteiger partial charge in [0.1, 0.15) is 23.3 Å². The van der Waals surface area contributed by atoms with Crippen LogP contribution in [0, 0.1) is 22.7 Å². The van der Waals surface area contributed by atoms with Crippen molar-refractivity contribution in [2.45, 2.75) is 13.1 Å². The first-order valence-electron chi connectivity index (χ1n) is 14.7. The molecule has 0 unspecified atom stereocenters. The second kappa shape index (κ2) is 15.3. The summed E-state index contributed by atoms with van der Waals surface area (Å²) in [6.07, 6.45) is 0. The molecule has 0 aliphatic carbocycles. The number of nitrogens with one attached hydrogen (secondary N) is 2. The smallest absolute Gasteiger partial charge is 0.262 e. The molecule has 0 fully saturated rings. The zero-order valence-electron chi connectivity index (χ0n) is 25.0. The number of nitriles is 2. The van der Waals surface area contributed by atoms with E-state index in [1.807, 2.05) is 146 Å². The molecule has 5 rings (SSSR count). The molecule has 0 heterocycles. The van der Waals surface area contributed by atoms with E-state index in [9.17, 15) is 20.1 Å². The van der Waals surface area contributed by atoms with Gasteiger partial charge in [0.15, 0.2) is 0 Å². The van der Waals surface area contributed by atoms with Crippen LogP contribution in [0.1, 0.15) is 33.4 Å². The highest BCUT2D eigenvalue weighted by Crippen LogP contribution is 2.28. The average Bonchev–Trinajstić information content (AvgIpc) is 3.12. The number of carbonyl (C=O) groups is 2. The predicted molar refractivity (Wildman–Crippen MR) is 179 cm³/mol. The van der Waals surface area contributed by atoms with Gasteiger partial charge >= 0.3 is 0 Å². The molecule has 0 radical (unpaired) electrons. The molecule has 0 aliphatic heterocycles. The van der Waals surface area contributed by atoms with Crippen LogP contribution in [0.3, 0.4) is 0 Å². The van der Waals surface area contributed by atoms with E-state index in [2.05, 4.69) is 22.8 Å². The zero-order chi connectivity index (χ0) is 32.1. The minimum Gasteiger partial charge on any atom is -0.347 e. The molecule has 222 valence electrons. The first kappa shape index (κ1) is 30.9. The first-order valence-corrected chi connectivity index (χ1v) is 14.7. The number of nitrogens with zero attached hydrogens (tertiary/aromatic N) is 2. The van der Waals surface area contributed by atoms with Crippen LogP contribution in [0.15, 0.2) is 157 Å². The minimum absolute atomic E-state index is 0.0178. The Hall–Kier alpha value is -6.50. The molecule has 6 heteroatoms. The van der Waals surface area contributed by atoms with Crippen molar-refractivity contribution in [2.24, 2.45) is 0 Å². The minimum atomic E-state index is -0.484. The molecule has 5 aromatic carbocycles. The molecule has 2 amide bonds. The van der Waals surface area contributed by atoms with Crippen molar-refractivity contribution in [3.8, 4) is 12.1 Å². The Labute approximate surface area is 268 Å². The highest BCUT2D eigenvalue weighted by molar-refractivity contribution is 6.08. The summed E-state index contributed by atoms with van der Waals surface area (Å²) in [6.45, 7) is 0.357. The van der Waals surface area contributed by atoms with E-state index in [0.717, 1.165) is 33.4 Å². The largest absolute Gasteiger partial charge is 0.347 e. The van der Waals surface area contributed by atoms with Gasteiger partial charge in [-0.3, -0.25) is 9.59 Å². The molecule has 0 aliphatic rings. The van der Waals surface area contributed by atoms with E-state index >= 15 is 0 Å². The summed E-state index contributed by atoms with van der Waals surface area (Å²) < 4.78 is 0. The van der Waals surface area contributed by atoms with Crippen LogP contribution in [-0.4, -0.2) is 11.8 Å². The fourth-order valence-corrected chi connectivity index (χ4v) is 5.16.